The van der Waals surface area contributed by atoms with Crippen molar-refractivity contribution < 1.29 is 9.47 Å². The summed E-state index contributed by atoms with van der Waals surface area (Å²) in [6, 6.07) is 6.08. The summed E-state index contributed by atoms with van der Waals surface area (Å²) < 4.78 is 11.1. The van der Waals surface area contributed by atoms with E-state index in [9.17, 15) is 0 Å². The monoisotopic (exact) mass is 281 g/mol. The van der Waals surface area contributed by atoms with E-state index in [0.717, 1.165) is 28.7 Å². The second-order valence-corrected chi connectivity index (χ2v) is 6.42. The second-order valence-electron chi connectivity index (χ2n) is 5.27. The SMILES string of the molecule is CC(C)CCSCC(N)c1ccc2c(c1)OCCO2. The fourth-order valence-electron chi connectivity index (χ4n) is 1.92. The number of hydrogen-bond acceptors (Lipinski definition) is 4. The molecular weight excluding hydrogens is 258 g/mol. The van der Waals surface area contributed by atoms with Gasteiger partial charge in [-0.3, -0.25) is 0 Å². The largest absolute Gasteiger partial charge is 0.486 e. The van der Waals surface area contributed by atoms with Crippen molar-refractivity contribution in [3.8, 4) is 11.5 Å². The minimum Gasteiger partial charge on any atom is -0.486 e. The maximum absolute atomic E-state index is 6.23. The highest BCUT2D eigenvalue weighted by molar-refractivity contribution is 7.99. The predicted octanol–water partition coefficient (Wildman–Crippen LogP) is 3.24. The zero-order chi connectivity index (χ0) is 13.7. The van der Waals surface area contributed by atoms with Gasteiger partial charge in [0.25, 0.3) is 0 Å². The van der Waals surface area contributed by atoms with Crippen LogP contribution in [-0.2, 0) is 0 Å². The van der Waals surface area contributed by atoms with Crippen molar-refractivity contribution in [3.63, 3.8) is 0 Å². The second kappa shape index (κ2) is 7.06. The maximum atomic E-state index is 6.23. The number of fused-ring (bicyclic) bond motifs is 1. The number of thioether (sulfide) groups is 1. The highest BCUT2D eigenvalue weighted by atomic mass is 32.2. The van der Waals surface area contributed by atoms with Crippen LogP contribution in [0.15, 0.2) is 18.2 Å². The third kappa shape index (κ3) is 4.32. The average molecular weight is 281 g/mol. The van der Waals surface area contributed by atoms with Crippen LogP contribution < -0.4 is 15.2 Å². The summed E-state index contributed by atoms with van der Waals surface area (Å²) >= 11 is 1.92. The van der Waals surface area contributed by atoms with Crippen molar-refractivity contribution in [1.82, 2.24) is 0 Å². The average Bonchev–Trinajstić information content (AvgIpc) is 2.42. The van der Waals surface area contributed by atoms with Gasteiger partial charge in [-0.25, -0.2) is 0 Å². The normalized spacial score (nSPS) is 15.6. The molecule has 1 aromatic carbocycles. The van der Waals surface area contributed by atoms with Crippen LogP contribution in [0.4, 0.5) is 0 Å². The third-order valence-corrected chi connectivity index (χ3v) is 4.25. The Hall–Kier alpha value is -0.870. The Labute approximate surface area is 119 Å². The Morgan fingerprint density at radius 1 is 1.21 bits per heavy atom. The van der Waals surface area contributed by atoms with Gasteiger partial charge in [0, 0.05) is 11.8 Å². The number of hydrogen-bond donors (Lipinski definition) is 1. The molecule has 106 valence electrons. The molecule has 1 aromatic rings. The summed E-state index contributed by atoms with van der Waals surface area (Å²) in [4.78, 5) is 0. The first-order valence-corrected chi connectivity index (χ1v) is 8.05. The van der Waals surface area contributed by atoms with Crippen molar-refractivity contribution in [2.24, 2.45) is 11.7 Å². The van der Waals surface area contributed by atoms with Gasteiger partial charge in [-0.2, -0.15) is 11.8 Å². The minimum absolute atomic E-state index is 0.0630. The molecule has 0 radical (unpaired) electrons. The molecule has 19 heavy (non-hydrogen) atoms. The number of rotatable bonds is 6. The summed E-state index contributed by atoms with van der Waals surface area (Å²) in [6.07, 6.45) is 1.25. The fraction of sp³-hybridized carbons (Fsp3) is 0.600. The lowest BCUT2D eigenvalue weighted by Crippen LogP contribution is -2.17. The zero-order valence-electron chi connectivity index (χ0n) is 11.7. The molecule has 1 unspecified atom stereocenters. The Morgan fingerprint density at radius 3 is 2.68 bits per heavy atom. The van der Waals surface area contributed by atoms with Crippen LogP contribution in [0.3, 0.4) is 0 Å². The minimum atomic E-state index is 0.0630. The van der Waals surface area contributed by atoms with E-state index in [4.69, 9.17) is 15.2 Å². The molecule has 0 amide bonds. The van der Waals surface area contributed by atoms with Gasteiger partial charge < -0.3 is 15.2 Å². The third-order valence-electron chi connectivity index (χ3n) is 3.13. The topological polar surface area (TPSA) is 44.5 Å². The predicted molar refractivity (Wildman–Crippen MR) is 81.1 cm³/mol. The van der Waals surface area contributed by atoms with Crippen LogP contribution in [0, 0.1) is 5.92 Å². The molecule has 1 heterocycles. The van der Waals surface area contributed by atoms with Crippen molar-refractivity contribution >= 4 is 11.8 Å². The van der Waals surface area contributed by atoms with Crippen LogP contribution in [0.1, 0.15) is 31.9 Å². The highest BCUT2D eigenvalue weighted by Crippen LogP contribution is 2.32. The van der Waals surface area contributed by atoms with Gasteiger partial charge in [0.1, 0.15) is 13.2 Å². The Kier molecular flexibility index (Phi) is 5.40. The van der Waals surface area contributed by atoms with E-state index in [1.54, 1.807) is 0 Å². The van der Waals surface area contributed by atoms with Crippen LogP contribution in [0.5, 0.6) is 11.5 Å². The van der Waals surface area contributed by atoms with E-state index in [2.05, 4.69) is 13.8 Å². The lowest BCUT2D eigenvalue weighted by atomic mass is 10.1. The molecule has 0 bridgehead atoms. The molecule has 0 aromatic heterocycles. The molecule has 1 aliphatic heterocycles. The molecule has 0 saturated carbocycles. The van der Waals surface area contributed by atoms with E-state index < -0.39 is 0 Å². The van der Waals surface area contributed by atoms with Gasteiger partial charge in [-0.15, -0.1) is 0 Å². The Bertz CT molecular complexity index is 409. The first-order valence-electron chi connectivity index (χ1n) is 6.89. The number of nitrogens with two attached hydrogens (primary N) is 1. The van der Waals surface area contributed by atoms with E-state index in [1.807, 2.05) is 30.0 Å². The molecule has 2 rings (SSSR count). The van der Waals surface area contributed by atoms with E-state index in [-0.39, 0.29) is 6.04 Å². The smallest absolute Gasteiger partial charge is 0.161 e. The van der Waals surface area contributed by atoms with Crippen LogP contribution in [-0.4, -0.2) is 24.7 Å². The van der Waals surface area contributed by atoms with E-state index in [0.29, 0.717) is 13.2 Å². The molecule has 0 aliphatic carbocycles. The quantitative estimate of drug-likeness (QED) is 0.813. The molecule has 2 N–H and O–H groups in total. The molecule has 0 spiro atoms. The molecule has 1 atom stereocenters. The van der Waals surface area contributed by atoms with Gasteiger partial charge in [0.05, 0.1) is 0 Å². The molecule has 4 heteroatoms. The first-order chi connectivity index (χ1) is 9.16. The first kappa shape index (κ1) is 14.5. The Morgan fingerprint density at radius 2 is 1.95 bits per heavy atom. The summed E-state index contributed by atoms with van der Waals surface area (Å²) in [6.45, 7) is 5.75. The number of benzene rings is 1. The summed E-state index contributed by atoms with van der Waals surface area (Å²) in [5.41, 5.74) is 7.35. The number of ether oxygens (including phenoxy) is 2. The molecular formula is C15H23NO2S. The van der Waals surface area contributed by atoms with Crippen LogP contribution in [0.25, 0.3) is 0 Å². The summed E-state index contributed by atoms with van der Waals surface area (Å²) in [5, 5.41) is 0. The van der Waals surface area contributed by atoms with Crippen LogP contribution >= 0.6 is 11.8 Å². The highest BCUT2D eigenvalue weighted by Gasteiger charge is 2.14. The molecule has 1 aliphatic rings. The lowest BCUT2D eigenvalue weighted by Gasteiger charge is -2.20. The van der Waals surface area contributed by atoms with Gasteiger partial charge in [-0.05, 0) is 35.8 Å². The van der Waals surface area contributed by atoms with Crippen molar-refractivity contribution in [3.05, 3.63) is 23.8 Å². The van der Waals surface area contributed by atoms with Crippen molar-refractivity contribution in [2.45, 2.75) is 26.3 Å². The van der Waals surface area contributed by atoms with Crippen molar-refractivity contribution in [1.29, 1.82) is 0 Å². The molecule has 0 saturated heterocycles. The molecule has 0 fully saturated rings. The summed E-state index contributed by atoms with van der Waals surface area (Å²) in [7, 11) is 0. The maximum Gasteiger partial charge on any atom is 0.161 e. The van der Waals surface area contributed by atoms with Gasteiger partial charge >= 0.3 is 0 Å². The lowest BCUT2D eigenvalue weighted by molar-refractivity contribution is 0.171. The Balaban J connectivity index is 1.86. The van der Waals surface area contributed by atoms with Gasteiger partial charge in [-0.1, -0.05) is 19.9 Å². The van der Waals surface area contributed by atoms with Crippen LogP contribution in [0.2, 0.25) is 0 Å². The van der Waals surface area contributed by atoms with Crippen molar-refractivity contribution in [2.75, 3.05) is 24.7 Å². The molecule has 3 nitrogen and oxygen atoms in total. The van der Waals surface area contributed by atoms with Gasteiger partial charge in [0.15, 0.2) is 11.5 Å². The van der Waals surface area contributed by atoms with E-state index in [1.165, 1.54) is 12.2 Å². The summed E-state index contributed by atoms with van der Waals surface area (Å²) in [5.74, 6) is 4.54. The zero-order valence-corrected chi connectivity index (χ0v) is 12.5. The fourth-order valence-corrected chi connectivity index (χ4v) is 3.17. The van der Waals surface area contributed by atoms with E-state index >= 15 is 0 Å². The van der Waals surface area contributed by atoms with Gasteiger partial charge in [0.2, 0.25) is 0 Å². The standard InChI is InChI=1S/C15H23NO2S/c1-11(2)5-8-19-10-13(16)12-3-4-14-15(9-12)18-7-6-17-14/h3-4,9,11,13H,5-8,10,16H2,1-2H3.